The summed E-state index contributed by atoms with van der Waals surface area (Å²) < 4.78 is 21.6. The molecule has 0 aliphatic carbocycles. The predicted octanol–water partition coefficient (Wildman–Crippen LogP) is 3.94. The Bertz CT molecular complexity index is 863. The van der Waals surface area contributed by atoms with Gasteiger partial charge in [-0.05, 0) is 48.7 Å². The number of hydrogen-bond acceptors (Lipinski definition) is 6. The Hall–Kier alpha value is -3.22. The normalized spacial score (nSPS) is 10.5. The molecule has 0 heterocycles. The number of carbonyl (C=O) groups excluding carboxylic acids is 2. The fourth-order valence-electron chi connectivity index (χ4n) is 2.71. The Morgan fingerprint density at radius 2 is 1.71 bits per heavy atom. The third kappa shape index (κ3) is 7.51. The van der Waals surface area contributed by atoms with Crippen LogP contribution in [-0.4, -0.2) is 50.8 Å². The van der Waals surface area contributed by atoms with Crippen molar-refractivity contribution in [2.75, 3.05) is 34.0 Å². The first kappa shape index (κ1) is 24.1. The molecular weight excluding hydrogens is 398 g/mol. The monoisotopic (exact) mass is 429 g/mol. The van der Waals surface area contributed by atoms with E-state index in [0.717, 1.165) is 11.3 Å². The van der Waals surface area contributed by atoms with Gasteiger partial charge in [0.1, 0.15) is 5.75 Å². The van der Waals surface area contributed by atoms with Crippen LogP contribution in [0.3, 0.4) is 0 Å². The molecule has 7 nitrogen and oxygen atoms in total. The Morgan fingerprint density at radius 1 is 1.00 bits per heavy atom. The van der Waals surface area contributed by atoms with Crippen LogP contribution in [0.5, 0.6) is 17.2 Å². The highest BCUT2D eigenvalue weighted by Gasteiger charge is 2.16. The summed E-state index contributed by atoms with van der Waals surface area (Å²) in [5.41, 5.74) is 1.24. The van der Waals surface area contributed by atoms with Crippen LogP contribution in [0.15, 0.2) is 42.5 Å². The first-order chi connectivity index (χ1) is 14.8. The summed E-state index contributed by atoms with van der Waals surface area (Å²) in [5.74, 6) is 1.24. The maximum Gasteiger partial charge on any atom is 0.338 e. The second-order valence-corrected chi connectivity index (χ2v) is 7.47. The average molecular weight is 430 g/mol. The van der Waals surface area contributed by atoms with Crippen molar-refractivity contribution in [1.82, 2.24) is 4.90 Å². The number of benzene rings is 2. The van der Waals surface area contributed by atoms with E-state index in [1.807, 2.05) is 45.0 Å². The molecule has 168 valence electrons. The summed E-state index contributed by atoms with van der Waals surface area (Å²) in [6.07, 6.45) is 0. The molecule has 0 saturated carbocycles. The highest BCUT2D eigenvalue weighted by Crippen LogP contribution is 2.28. The highest BCUT2D eigenvalue weighted by molar-refractivity contribution is 5.92. The molecule has 2 rings (SSSR count). The van der Waals surface area contributed by atoms with Gasteiger partial charge in [-0.1, -0.05) is 26.0 Å². The molecule has 0 saturated heterocycles. The van der Waals surface area contributed by atoms with Gasteiger partial charge in [-0.2, -0.15) is 0 Å². The van der Waals surface area contributed by atoms with E-state index in [4.69, 9.17) is 18.9 Å². The quantitative estimate of drug-likeness (QED) is 0.504. The van der Waals surface area contributed by atoms with E-state index in [1.165, 1.54) is 12.0 Å². The molecule has 0 unspecified atom stereocenters. The molecular formula is C24H31NO6. The van der Waals surface area contributed by atoms with Gasteiger partial charge in [0.2, 0.25) is 0 Å². The van der Waals surface area contributed by atoms with E-state index in [1.54, 1.807) is 25.2 Å². The number of amides is 1. The van der Waals surface area contributed by atoms with Gasteiger partial charge in [0, 0.05) is 13.6 Å². The van der Waals surface area contributed by atoms with E-state index in [-0.39, 0.29) is 18.1 Å². The molecule has 7 heteroatoms. The van der Waals surface area contributed by atoms with E-state index in [0.29, 0.717) is 37.2 Å². The average Bonchev–Trinajstić information content (AvgIpc) is 2.77. The van der Waals surface area contributed by atoms with Crippen molar-refractivity contribution in [3.63, 3.8) is 0 Å². The third-order valence-corrected chi connectivity index (χ3v) is 4.38. The van der Waals surface area contributed by atoms with Crippen molar-refractivity contribution < 1.29 is 28.5 Å². The Kier molecular flexibility index (Phi) is 9.18. The lowest BCUT2D eigenvalue weighted by Gasteiger charge is -2.18. The molecule has 1 amide bonds. The maximum atomic E-state index is 12.4. The molecule has 0 aliphatic rings. The molecule has 0 aromatic heterocycles. The van der Waals surface area contributed by atoms with Gasteiger partial charge in [-0.3, -0.25) is 4.79 Å². The number of nitrogens with zero attached hydrogens (tertiary/aromatic N) is 1. The zero-order valence-corrected chi connectivity index (χ0v) is 18.8. The summed E-state index contributed by atoms with van der Waals surface area (Å²) >= 11 is 0. The lowest BCUT2D eigenvalue weighted by atomic mass is 10.2. The Labute approximate surface area is 183 Å². The number of hydrogen-bond donors (Lipinski definition) is 0. The maximum absolute atomic E-state index is 12.4. The van der Waals surface area contributed by atoms with Gasteiger partial charge in [0.15, 0.2) is 18.1 Å². The fraction of sp³-hybridized carbons (Fsp3) is 0.417. The predicted molar refractivity (Wildman–Crippen MR) is 118 cm³/mol. The van der Waals surface area contributed by atoms with Crippen molar-refractivity contribution in [2.24, 2.45) is 5.92 Å². The SMILES string of the molecule is CCOc1ccc(CN(C)C(=O)COC(=O)c2ccc(OCC(C)C)c(OC)c2)cc1. The number of methoxy groups -OCH3 is 1. The fourth-order valence-corrected chi connectivity index (χ4v) is 2.71. The van der Waals surface area contributed by atoms with Gasteiger partial charge < -0.3 is 23.8 Å². The summed E-state index contributed by atoms with van der Waals surface area (Å²) in [6.45, 7) is 7.20. The van der Waals surface area contributed by atoms with E-state index in [9.17, 15) is 9.59 Å². The topological polar surface area (TPSA) is 74.3 Å². The van der Waals surface area contributed by atoms with Crippen LogP contribution in [0.25, 0.3) is 0 Å². The summed E-state index contributed by atoms with van der Waals surface area (Å²) in [5, 5.41) is 0. The van der Waals surface area contributed by atoms with Gasteiger partial charge in [0.25, 0.3) is 5.91 Å². The van der Waals surface area contributed by atoms with Crippen LogP contribution in [0, 0.1) is 5.92 Å². The van der Waals surface area contributed by atoms with Crippen LogP contribution in [0.4, 0.5) is 0 Å². The van der Waals surface area contributed by atoms with E-state index >= 15 is 0 Å². The summed E-state index contributed by atoms with van der Waals surface area (Å²) in [6, 6.07) is 12.3. The molecule has 0 fully saturated rings. The van der Waals surface area contributed by atoms with Crippen LogP contribution in [0.2, 0.25) is 0 Å². The van der Waals surface area contributed by atoms with Crippen molar-refractivity contribution in [1.29, 1.82) is 0 Å². The number of carbonyl (C=O) groups is 2. The molecule has 0 aliphatic heterocycles. The number of ether oxygens (including phenoxy) is 4. The molecule has 2 aromatic carbocycles. The molecule has 0 N–H and O–H groups in total. The Morgan fingerprint density at radius 3 is 2.32 bits per heavy atom. The van der Waals surface area contributed by atoms with Crippen molar-refractivity contribution in [2.45, 2.75) is 27.3 Å². The van der Waals surface area contributed by atoms with Crippen molar-refractivity contribution >= 4 is 11.9 Å². The molecule has 0 bridgehead atoms. The highest BCUT2D eigenvalue weighted by atomic mass is 16.5. The number of rotatable bonds is 11. The first-order valence-electron chi connectivity index (χ1n) is 10.3. The van der Waals surface area contributed by atoms with Crippen LogP contribution >= 0.6 is 0 Å². The first-order valence-corrected chi connectivity index (χ1v) is 10.3. The van der Waals surface area contributed by atoms with Gasteiger partial charge in [0.05, 0.1) is 25.9 Å². The second-order valence-electron chi connectivity index (χ2n) is 7.47. The number of esters is 1. The van der Waals surface area contributed by atoms with E-state index in [2.05, 4.69) is 0 Å². The zero-order valence-electron chi connectivity index (χ0n) is 18.8. The molecule has 0 radical (unpaired) electrons. The van der Waals surface area contributed by atoms with Gasteiger partial charge in [-0.15, -0.1) is 0 Å². The van der Waals surface area contributed by atoms with Crippen LogP contribution in [-0.2, 0) is 16.1 Å². The summed E-state index contributed by atoms with van der Waals surface area (Å²) in [7, 11) is 3.17. The van der Waals surface area contributed by atoms with Gasteiger partial charge >= 0.3 is 5.97 Å². The minimum Gasteiger partial charge on any atom is -0.494 e. The zero-order chi connectivity index (χ0) is 22.8. The standard InChI is InChI=1S/C24H31NO6/c1-6-29-20-10-7-18(8-11-20)14-25(4)23(26)16-31-24(27)19-9-12-21(22(13-19)28-5)30-15-17(2)3/h7-13,17H,6,14-16H2,1-5H3. The van der Waals surface area contributed by atoms with Crippen LogP contribution < -0.4 is 14.2 Å². The number of likely N-dealkylation sites (N-methyl/N-ethyl adjacent to an activating group) is 1. The minimum atomic E-state index is -0.600. The summed E-state index contributed by atoms with van der Waals surface area (Å²) in [4.78, 5) is 26.2. The lowest BCUT2D eigenvalue weighted by Crippen LogP contribution is -2.30. The third-order valence-electron chi connectivity index (χ3n) is 4.38. The minimum absolute atomic E-state index is 0.288. The lowest BCUT2D eigenvalue weighted by molar-refractivity contribution is -0.133. The largest absolute Gasteiger partial charge is 0.494 e. The molecule has 2 aromatic rings. The molecule has 31 heavy (non-hydrogen) atoms. The molecule has 0 atom stereocenters. The van der Waals surface area contributed by atoms with E-state index < -0.39 is 5.97 Å². The smallest absolute Gasteiger partial charge is 0.338 e. The molecule has 0 spiro atoms. The Balaban J connectivity index is 1.89. The van der Waals surface area contributed by atoms with Crippen molar-refractivity contribution in [3.05, 3.63) is 53.6 Å². The second kappa shape index (κ2) is 11.8. The van der Waals surface area contributed by atoms with Crippen LogP contribution in [0.1, 0.15) is 36.7 Å². The van der Waals surface area contributed by atoms with Crippen molar-refractivity contribution in [3.8, 4) is 17.2 Å². The van der Waals surface area contributed by atoms with Gasteiger partial charge in [-0.25, -0.2) is 4.79 Å².